The predicted octanol–water partition coefficient (Wildman–Crippen LogP) is 1.59. The molecule has 4 nitrogen and oxygen atoms in total. The fraction of sp³-hybridized carbons (Fsp3) is 0.923. The molecule has 0 aromatic carbocycles. The highest BCUT2D eigenvalue weighted by molar-refractivity contribution is 5.71. The van der Waals surface area contributed by atoms with Crippen LogP contribution in [0.4, 0.5) is 0 Å². The van der Waals surface area contributed by atoms with Gasteiger partial charge in [0.05, 0.1) is 25.7 Å². The van der Waals surface area contributed by atoms with Crippen LogP contribution in [0, 0.1) is 17.3 Å². The lowest BCUT2D eigenvalue weighted by Crippen LogP contribution is -2.24. The molecule has 0 bridgehead atoms. The average Bonchev–Trinajstić information content (AvgIpc) is 2.25. The zero-order chi connectivity index (χ0) is 13.5. The molecule has 0 spiro atoms. The van der Waals surface area contributed by atoms with Crippen molar-refractivity contribution in [1.82, 2.24) is 0 Å². The lowest BCUT2D eigenvalue weighted by atomic mass is 9.87. The summed E-state index contributed by atoms with van der Waals surface area (Å²) in [5.41, 5.74) is 0.216. The number of carbonyl (C=O) groups excluding carboxylic acids is 1. The van der Waals surface area contributed by atoms with Gasteiger partial charge in [-0.2, -0.15) is 0 Å². The monoisotopic (exact) mass is 246 g/mol. The third kappa shape index (κ3) is 8.16. The summed E-state index contributed by atoms with van der Waals surface area (Å²) < 4.78 is 5.05. The van der Waals surface area contributed by atoms with Gasteiger partial charge in [0.15, 0.2) is 0 Å². The summed E-state index contributed by atoms with van der Waals surface area (Å²) in [6.45, 7) is 8.02. The number of rotatable bonds is 7. The number of hydrogen-bond donors (Lipinski definition) is 2. The number of aliphatic hydroxyl groups excluding tert-OH is 2. The molecule has 0 aliphatic rings. The highest BCUT2D eigenvalue weighted by Gasteiger charge is 2.19. The molecule has 0 aliphatic heterocycles. The van der Waals surface area contributed by atoms with Gasteiger partial charge in [-0.25, -0.2) is 0 Å². The molecule has 1 unspecified atom stereocenters. The van der Waals surface area contributed by atoms with Crippen LogP contribution in [0.5, 0.6) is 0 Å². The molecule has 0 saturated carbocycles. The topological polar surface area (TPSA) is 66.8 Å². The quantitative estimate of drug-likeness (QED) is 0.669. The third-order valence-corrected chi connectivity index (χ3v) is 2.71. The minimum atomic E-state index is -0.367. The fourth-order valence-electron chi connectivity index (χ4n) is 1.27. The van der Waals surface area contributed by atoms with Crippen molar-refractivity contribution in [2.45, 2.75) is 40.5 Å². The van der Waals surface area contributed by atoms with E-state index in [0.717, 1.165) is 12.8 Å². The van der Waals surface area contributed by atoms with Crippen LogP contribution in [-0.2, 0) is 9.53 Å². The highest BCUT2D eigenvalue weighted by atomic mass is 16.5. The van der Waals surface area contributed by atoms with Gasteiger partial charge in [0, 0.05) is 5.92 Å². The zero-order valence-corrected chi connectivity index (χ0v) is 11.4. The van der Waals surface area contributed by atoms with Gasteiger partial charge in [-0.05, 0) is 18.3 Å². The first-order valence-corrected chi connectivity index (χ1v) is 6.18. The molecule has 0 saturated heterocycles. The molecular weight excluding hydrogens is 220 g/mol. The minimum Gasteiger partial charge on any atom is -0.465 e. The smallest absolute Gasteiger partial charge is 0.308 e. The van der Waals surface area contributed by atoms with Crippen molar-refractivity contribution in [3.63, 3.8) is 0 Å². The van der Waals surface area contributed by atoms with E-state index in [4.69, 9.17) is 14.9 Å². The van der Waals surface area contributed by atoms with Gasteiger partial charge in [0.2, 0.25) is 0 Å². The predicted molar refractivity (Wildman–Crippen MR) is 66.5 cm³/mol. The van der Waals surface area contributed by atoms with Gasteiger partial charge in [-0.15, -0.1) is 0 Å². The molecule has 2 N–H and O–H groups in total. The lowest BCUT2D eigenvalue weighted by molar-refractivity contribution is -0.150. The number of aliphatic hydroxyl groups is 2. The molecule has 17 heavy (non-hydrogen) atoms. The van der Waals surface area contributed by atoms with Crippen LogP contribution >= 0.6 is 0 Å². The van der Waals surface area contributed by atoms with Crippen molar-refractivity contribution >= 4 is 5.97 Å². The van der Waals surface area contributed by atoms with Crippen molar-refractivity contribution in [3.05, 3.63) is 0 Å². The first kappa shape index (κ1) is 16.4. The molecule has 0 aliphatic carbocycles. The Hall–Kier alpha value is -0.610. The van der Waals surface area contributed by atoms with Crippen molar-refractivity contribution in [2.24, 2.45) is 17.3 Å². The van der Waals surface area contributed by atoms with E-state index in [1.54, 1.807) is 0 Å². The number of esters is 1. The molecule has 0 radical (unpaired) electrons. The van der Waals surface area contributed by atoms with E-state index in [-0.39, 0.29) is 43.0 Å². The Morgan fingerprint density at radius 1 is 1.24 bits per heavy atom. The van der Waals surface area contributed by atoms with E-state index in [0.29, 0.717) is 0 Å². The van der Waals surface area contributed by atoms with Crippen LogP contribution in [0.15, 0.2) is 0 Å². The van der Waals surface area contributed by atoms with E-state index in [9.17, 15) is 4.79 Å². The van der Waals surface area contributed by atoms with Crippen molar-refractivity contribution in [3.8, 4) is 0 Å². The van der Waals surface area contributed by atoms with Crippen LogP contribution in [0.2, 0.25) is 0 Å². The van der Waals surface area contributed by atoms with Crippen molar-refractivity contribution < 1.29 is 19.7 Å². The summed E-state index contributed by atoms with van der Waals surface area (Å²) in [7, 11) is 0. The fourth-order valence-corrected chi connectivity index (χ4v) is 1.27. The second-order valence-electron chi connectivity index (χ2n) is 5.86. The Balaban J connectivity index is 3.89. The van der Waals surface area contributed by atoms with E-state index in [1.807, 2.05) is 6.92 Å². The molecule has 0 rings (SSSR count). The largest absolute Gasteiger partial charge is 0.465 e. The van der Waals surface area contributed by atoms with Gasteiger partial charge < -0.3 is 14.9 Å². The summed E-state index contributed by atoms with van der Waals surface area (Å²) in [5, 5.41) is 17.7. The van der Waals surface area contributed by atoms with Gasteiger partial charge >= 0.3 is 5.97 Å². The van der Waals surface area contributed by atoms with E-state index >= 15 is 0 Å². The molecule has 4 heteroatoms. The molecular formula is C13H26O4. The normalized spacial score (nSPS) is 13.8. The van der Waals surface area contributed by atoms with Crippen LogP contribution in [0.1, 0.15) is 40.5 Å². The van der Waals surface area contributed by atoms with Gasteiger partial charge in [-0.1, -0.05) is 27.7 Å². The van der Waals surface area contributed by atoms with Crippen molar-refractivity contribution in [2.75, 3.05) is 19.8 Å². The lowest BCUT2D eigenvalue weighted by Gasteiger charge is -2.20. The SMILES string of the molecule is CC(CCC(C)(C)C)C(=O)OCC(CO)CO. The molecule has 102 valence electrons. The summed E-state index contributed by atoms with van der Waals surface area (Å²) in [4.78, 5) is 11.6. The van der Waals surface area contributed by atoms with Crippen LogP contribution in [0.3, 0.4) is 0 Å². The van der Waals surface area contributed by atoms with Crippen LogP contribution < -0.4 is 0 Å². The second kappa shape index (κ2) is 7.67. The Labute approximate surface area is 104 Å². The van der Waals surface area contributed by atoms with E-state index in [2.05, 4.69) is 20.8 Å². The molecule has 0 heterocycles. The van der Waals surface area contributed by atoms with Crippen LogP contribution in [-0.4, -0.2) is 36.0 Å². The Kier molecular flexibility index (Phi) is 7.39. The molecule has 1 atom stereocenters. The summed E-state index contributed by atoms with van der Waals surface area (Å²) in [5.74, 6) is -0.748. The molecule has 0 aromatic heterocycles. The number of carbonyl (C=O) groups is 1. The number of ether oxygens (including phenoxy) is 1. The average molecular weight is 246 g/mol. The van der Waals surface area contributed by atoms with E-state index < -0.39 is 0 Å². The number of hydrogen-bond acceptors (Lipinski definition) is 4. The first-order valence-electron chi connectivity index (χ1n) is 6.18. The maximum atomic E-state index is 11.6. The summed E-state index contributed by atoms with van der Waals surface area (Å²) in [6.07, 6.45) is 1.76. The molecule has 0 fully saturated rings. The van der Waals surface area contributed by atoms with Crippen LogP contribution in [0.25, 0.3) is 0 Å². The Bertz CT molecular complexity index is 216. The Morgan fingerprint density at radius 3 is 2.18 bits per heavy atom. The second-order valence-corrected chi connectivity index (χ2v) is 5.86. The first-order chi connectivity index (χ1) is 7.80. The zero-order valence-electron chi connectivity index (χ0n) is 11.4. The van der Waals surface area contributed by atoms with Gasteiger partial charge in [-0.3, -0.25) is 4.79 Å². The minimum absolute atomic E-state index is 0.0890. The summed E-state index contributed by atoms with van der Waals surface area (Å²) >= 11 is 0. The Morgan fingerprint density at radius 2 is 1.76 bits per heavy atom. The van der Waals surface area contributed by atoms with Crippen molar-refractivity contribution in [1.29, 1.82) is 0 Å². The van der Waals surface area contributed by atoms with Gasteiger partial charge in [0.25, 0.3) is 0 Å². The van der Waals surface area contributed by atoms with E-state index in [1.165, 1.54) is 0 Å². The molecule has 0 amide bonds. The van der Waals surface area contributed by atoms with Gasteiger partial charge in [0.1, 0.15) is 0 Å². The summed E-state index contributed by atoms with van der Waals surface area (Å²) in [6, 6.07) is 0. The maximum absolute atomic E-state index is 11.6. The maximum Gasteiger partial charge on any atom is 0.308 e. The highest BCUT2D eigenvalue weighted by Crippen LogP contribution is 2.24. The third-order valence-electron chi connectivity index (χ3n) is 2.71. The molecule has 0 aromatic rings. The standard InChI is InChI=1S/C13H26O4/c1-10(5-6-13(2,3)4)12(16)17-9-11(7-14)8-15/h10-11,14-15H,5-9H2,1-4H3.